The summed E-state index contributed by atoms with van der Waals surface area (Å²) in [6, 6.07) is 10.8. The molecule has 0 saturated carbocycles. The van der Waals surface area contributed by atoms with Gasteiger partial charge in [0.15, 0.2) is 0 Å². The van der Waals surface area contributed by atoms with Gasteiger partial charge in [0.25, 0.3) is 0 Å². The molecule has 1 unspecified atom stereocenters. The van der Waals surface area contributed by atoms with Gasteiger partial charge in [-0.25, -0.2) is 4.79 Å². The maximum Gasteiger partial charge on any atom is 0.336 e. The van der Waals surface area contributed by atoms with Crippen LogP contribution in [0.25, 0.3) is 11.0 Å². The zero-order chi connectivity index (χ0) is 16.7. The fourth-order valence-electron chi connectivity index (χ4n) is 3.83. The number of likely N-dealkylation sites (tertiary alicyclic amines) is 1. The Balaban J connectivity index is 1.74. The van der Waals surface area contributed by atoms with Crippen molar-refractivity contribution in [1.29, 1.82) is 0 Å². The summed E-state index contributed by atoms with van der Waals surface area (Å²) in [6.45, 7) is 6.21. The molecule has 0 aliphatic carbocycles. The number of fused-ring (bicyclic) bond motifs is 1. The molecule has 1 aromatic carbocycles. The highest BCUT2D eigenvalue weighted by Gasteiger charge is 2.31. The van der Waals surface area contributed by atoms with E-state index in [9.17, 15) is 4.79 Å². The normalized spacial score (nSPS) is 20.8. The van der Waals surface area contributed by atoms with Crippen LogP contribution in [0.3, 0.4) is 0 Å². The third kappa shape index (κ3) is 2.80. The third-order valence-corrected chi connectivity index (χ3v) is 6.22. The second-order valence-corrected chi connectivity index (χ2v) is 7.80. The second kappa shape index (κ2) is 6.19. The van der Waals surface area contributed by atoms with Crippen molar-refractivity contribution in [3.63, 3.8) is 0 Å². The van der Waals surface area contributed by atoms with Gasteiger partial charge in [-0.1, -0.05) is 6.07 Å². The van der Waals surface area contributed by atoms with Crippen LogP contribution in [0.4, 0.5) is 0 Å². The van der Waals surface area contributed by atoms with Crippen molar-refractivity contribution < 1.29 is 9.32 Å². The van der Waals surface area contributed by atoms with Gasteiger partial charge in [-0.3, -0.25) is 0 Å². The van der Waals surface area contributed by atoms with E-state index in [1.165, 1.54) is 23.3 Å². The first-order valence-corrected chi connectivity index (χ1v) is 9.42. The second-order valence-electron chi connectivity index (χ2n) is 6.82. The summed E-state index contributed by atoms with van der Waals surface area (Å²) in [6.07, 6.45) is 2.47. The molecule has 0 radical (unpaired) electrons. The molecule has 4 heteroatoms. The summed E-state index contributed by atoms with van der Waals surface area (Å²) >= 11 is 1.84. The predicted octanol–water partition coefficient (Wildman–Crippen LogP) is 3.39. The molecule has 1 saturated heterocycles. The van der Waals surface area contributed by atoms with E-state index in [0.717, 1.165) is 29.6 Å². The van der Waals surface area contributed by atoms with Gasteiger partial charge in [-0.15, -0.1) is 11.3 Å². The first kappa shape index (κ1) is 15.6. The van der Waals surface area contributed by atoms with Crippen LogP contribution in [-0.2, 0) is 6.54 Å². The van der Waals surface area contributed by atoms with Crippen LogP contribution < -0.4 is 10.5 Å². The van der Waals surface area contributed by atoms with Crippen molar-refractivity contribution in [2.24, 2.45) is 0 Å². The monoisotopic (exact) mass is 340 g/mol. The van der Waals surface area contributed by atoms with Crippen LogP contribution >= 0.6 is 11.3 Å². The lowest BCUT2D eigenvalue weighted by Crippen LogP contribution is -3.08. The highest BCUT2D eigenvalue weighted by molar-refractivity contribution is 7.10. The summed E-state index contributed by atoms with van der Waals surface area (Å²) in [5, 5.41) is 3.24. The summed E-state index contributed by atoms with van der Waals surface area (Å²) in [5.41, 5.74) is 3.98. The molecular formula is C20H22NO2S+. The van der Waals surface area contributed by atoms with Gasteiger partial charge < -0.3 is 9.32 Å². The van der Waals surface area contributed by atoms with Crippen molar-refractivity contribution in [1.82, 2.24) is 0 Å². The van der Waals surface area contributed by atoms with Gasteiger partial charge in [0.1, 0.15) is 18.2 Å². The Morgan fingerprint density at radius 1 is 1.25 bits per heavy atom. The van der Waals surface area contributed by atoms with Gasteiger partial charge in [0, 0.05) is 29.9 Å². The van der Waals surface area contributed by atoms with Gasteiger partial charge in [-0.05, 0) is 48.6 Å². The largest absolute Gasteiger partial charge is 0.423 e. The average Bonchev–Trinajstić information content (AvgIpc) is 3.20. The molecule has 1 N–H and O–H groups in total. The van der Waals surface area contributed by atoms with Gasteiger partial charge in [0.2, 0.25) is 0 Å². The minimum Gasteiger partial charge on any atom is -0.423 e. The number of thiophene rings is 1. The maximum absolute atomic E-state index is 12.0. The molecule has 1 fully saturated rings. The molecule has 2 aromatic heterocycles. The highest BCUT2D eigenvalue weighted by atomic mass is 32.1. The third-order valence-electron chi connectivity index (χ3n) is 5.23. The average molecular weight is 340 g/mol. The number of quaternary nitrogens is 1. The Hall–Kier alpha value is -1.91. The van der Waals surface area contributed by atoms with Crippen LogP contribution in [0, 0.1) is 13.8 Å². The van der Waals surface area contributed by atoms with E-state index in [4.69, 9.17) is 4.42 Å². The number of rotatable bonds is 3. The molecular weight excluding hydrogens is 318 g/mol. The van der Waals surface area contributed by atoms with E-state index in [-0.39, 0.29) is 5.63 Å². The lowest BCUT2D eigenvalue weighted by molar-refractivity contribution is -0.931. The molecule has 124 valence electrons. The smallest absolute Gasteiger partial charge is 0.336 e. The molecule has 3 aromatic rings. The topological polar surface area (TPSA) is 34.6 Å². The van der Waals surface area contributed by atoms with E-state index in [2.05, 4.69) is 37.4 Å². The van der Waals surface area contributed by atoms with E-state index in [0.29, 0.717) is 11.6 Å². The number of aryl methyl sites for hydroxylation is 2. The molecule has 4 rings (SSSR count). The lowest BCUT2D eigenvalue weighted by atomic mass is 10.0. The van der Waals surface area contributed by atoms with Gasteiger partial charge in [0.05, 0.1) is 11.4 Å². The summed E-state index contributed by atoms with van der Waals surface area (Å²) < 4.78 is 5.44. The predicted molar refractivity (Wildman–Crippen MR) is 97.8 cm³/mol. The van der Waals surface area contributed by atoms with Crippen molar-refractivity contribution >= 4 is 22.3 Å². The molecule has 3 heterocycles. The van der Waals surface area contributed by atoms with Crippen molar-refractivity contribution in [2.45, 2.75) is 39.3 Å². The molecule has 2 atom stereocenters. The van der Waals surface area contributed by atoms with Crippen LogP contribution in [0.2, 0.25) is 0 Å². The van der Waals surface area contributed by atoms with Crippen molar-refractivity contribution in [2.75, 3.05) is 6.54 Å². The molecule has 1 aliphatic heterocycles. The minimum absolute atomic E-state index is 0.243. The number of hydrogen-bond acceptors (Lipinski definition) is 3. The van der Waals surface area contributed by atoms with E-state index in [1.807, 2.05) is 17.4 Å². The van der Waals surface area contributed by atoms with Crippen LogP contribution in [-0.4, -0.2) is 6.54 Å². The zero-order valence-electron chi connectivity index (χ0n) is 14.1. The summed E-state index contributed by atoms with van der Waals surface area (Å²) in [7, 11) is 0. The van der Waals surface area contributed by atoms with E-state index >= 15 is 0 Å². The Bertz CT molecular complexity index is 927. The summed E-state index contributed by atoms with van der Waals surface area (Å²) in [4.78, 5) is 15.0. The van der Waals surface area contributed by atoms with Crippen molar-refractivity contribution in [3.8, 4) is 0 Å². The molecule has 0 bridgehead atoms. The summed E-state index contributed by atoms with van der Waals surface area (Å²) in [5.74, 6) is 0. The fourth-order valence-corrected chi connectivity index (χ4v) is 4.75. The van der Waals surface area contributed by atoms with Crippen LogP contribution in [0.1, 0.15) is 40.5 Å². The Morgan fingerprint density at radius 3 is 2.88 bits per heavy atom. The molecule has 3 nitrogen and oxygen atoms in total. The molecule has 24 heavy (non-hydrogen) atoms. The van der Waals surface area contributed by atoms with E-state index < -0.39 is 0 Å². The Kier molecular flexibility index (Phi) is 4.02. The number of hydrogen-bond donors (Lipinski definition) is 1. The first-order chi connectivity index (χ1) is 11.6. The molecule has 1 aliphatic rings. The van der Waals surface area contributed by atoms with Crippen LogP contribution in [0.15, 0.2) is 44.9 Å². The van der Waals surface area contributed by atoms with Crippen LogP contribution in [0.5, 0.6) is 0 Å². The fraction of sp³-hybridized carbons (Fsp3) is 0.350. The zero-order valence-corrected chi connectivity index (χ0v) is 14.9. The molecule has 0 amide bonds. The van der Waals surface area contributed by atoms with Crippen molar-refractivity contribution in [3.05, 3.63) is 67.7 Å². The highest BCUT2D eigenvalue weighted by Crippen LogP contribution is 2.25. The standard InChI is InChI=1S/C20H21NO2S/c1-13-9-16-15(11-20(22)23-18(16)10-14(13)2)12-21-7-3-5-17(21)19-6-4-8-24-19/h4,6,8-11,17H,3,5,7,12H2,1-2H3/p+1/t17-/m0/s1. The quantitative estimate of drug-likeness (QED) is 0.742. The number of benzene rings is 1. The maximum atomic E-state index is 12.0. The Morgan fingerprint density at radius 2 is 2.08 bits per heavy atom. The minimum atomic E-state index is -0.243. The van der Waals surface area contributed by atoms with Gasteiger partial charge in [-0.2, -0.15) is 0 Å². The number of nitrogens with one attached hydrogen (secondary N) is 1. The van der Waals surface area contributed by atoms with Gasteiger partial charge >= 0.3 is 5.63 Å². The first-order valence-electron chi connectivity index (χ1n) is 8.54. The van der Waals surface area contributed by atoms with E-state index in [1.54, 1.807) is 11.0 Å². The lowest BCUT2D eigenvalue weighted by Gasteiger charge is -2.21. The SMILES string of the molecule is Cc1cc2oc(=O)cc(C[NH+]3CCC[C@H]3c3cccs3)c2cc1C. The Labute approximate surface area is 145 Å². The molecule has 0 spiro atoms.